The van der Waals surface area contributed by atoms with Crippen LogP contribution in [0.4, 0.5) is 10.1 Å². The zero-order valence-electron chi connectivity index (χ0n) is 9.71. The lowest BCUT2D eigenvalue weighted by molar-refractivity contribution is -0.116. The Labute approximate surface area is 116 Å². The Morgan fingerprint density at radius 3 is 2.94 bits per heavy atom. The van der Waals surface area contributed by atoms with E-state index in [2.05, 4.69) is 10.6 Å². The fraction of sp³-hybridized carbons (Fsp3) is 0.417. The van der Waals surface area contributed by atoms with Gasteiger partial charge in [0.25, 0.3) is 0 Å². The van der Waals surface area contributed by atoms with Crippen molar-refractivity contribution in [2.45, 2.75) is 12.8 Å². The highest BCUT2D eigenvalue weighted by Gasteiger charge is 2.18. The first-order chi connectivity index (χ1) is 8.15. The molecule has 1 atom stereocenters. The Hall–Kier alpha value is -0.840. The number of benzene rings is 1. The van der Waals surface area contributed by atoms with Gasteiger partial charge in [-0.15, -0.1) is 12.4 Å². The van der Waals surface area contributed by atoms with Crippen molar-refractivity contribution in [1.82, 2.24) is 5.32 Å². The van der Waals surface area contributed by atoms with Gasteiger partial charge in [-0.25, -0.2) is 4.39 Å². The molecule has 3 nitrogen and oxygen atoms in total. The van der Waals surface area contributed by atoms with E-state index < -0.39 is 5.82 Å². The summed E-state index contributed by atoms with van der Waals surface area (Å²) in [5.41, 5.74) is 0.535. The van der Waals surface area contributed by atoms with Crippen molar-refractivity contribution in [1.29, 1.82) is 0 Å². The molecule has 1 heterocycles. The van der Waals surface area contributed by atoms with Gasteiger partial charge in [0.05, 0.1) is 5.02 Å². The third-order valence-electron chi connectivity index (χ3n) is 2.84. The van der Waals surface area contributed by atoms with Crippen molar-refractivity contribution in [2.24, 2.45) is 5.92 Å². The van der Waals surface area contributed by atoms with Crippen LogP contribution in [-0.2, 0) is 4.79 Å². The van der Waals surface area contributed by atoms with Crippen LogP contribution in [0, 0.1) is 11.7 Å². The molecule has 1 fully saturated rings. The normalized spacial score (nSPS) is 18.2. The van der Waals surface area contributed by atoms with Gasteiger partial charge in [0.2, 0.25) is 5.91 Å². The summed E-state index contributed by atoms with van der Waals surface area (Å²) in [5.74, 6) is -0.142. The maximum Gasteiger partial charge on any atom is 0.224 e. The smallest absolute Gasteiger partial charge is 0.224 e. The molecule has 0 saturated carbocycles. The number of carbonyl (C=O) groups excluding carboxylic acids is 1. The summed E-state index contributed by atoms with van der Waals surface area (Å²) < 4.78 is 12.9. The zero-order chi connectivity index (χ0) is 12.3. The maximum absolute atomic E-state index is 12.9. The second kappa shape index (κ2) is 6.92. The predicted molar refractivity (Wildman–Crippen MR) is 72.9 cm³/mol. The molecule has 1 aromatic carbocycles. The van der Waals surface area contributed by atoms with E-state index in [1.54, 1.807) is 0 Å². The highest BCUT2D eigenvalue weighted by molar-refractivity contribution is 6.31. The lowest BCUT2D eigenvalue weighted by atomic mass is 10.0. The number of hydrogen-bond donors (Lipinski definition) is 2. The third-order valence-corrected chi connectivity index (χ3v) is 3.13. The fourth-order valence-corrected chi connectivity index (χ4v) is 2.12. The highest BCUT2D eigenvalue weighted by atomic mass is 35.5. The molecule has 1 amide bonds. The van der Waals surface area contributed by atoms with Crippen LogP contribution >= 0.6 is 24.0 Å². The predicted octanol–water partition coefficient (Wildman–Crippen LogP) is 2.84. The molecule has 2 N–H and O–H groups in total. The summed E-state index contributed by atoms with van der Waals surface area (Å²) >= 11 is 5.63. The van der Waals surface area contributed by atoms with Gasteiger partial charge in [0, 0.05) is 12.1 Å². The van der Waals surface area contributed by atoms with Crippen molar-refractivity contribution >= 4 is 35.6 Å². The highest BCUT2D eigenvalue weighted by Crippen LogP contribution is 2.20. The van der Waals surface area contributed by atoms with Crippen molar-refractivity contribution in [2.75, 3.05) is 18.4 Å². The molecule has 1 aromatic rings. The summed E-state index contributed by atoms with van der Waals surface area (Å²) in [6, 6.07) is 4.17. The van der Waals surface area contributed by atoms with Gasteiger partial charge in [-0.05, 0) is 43.6 Å². The molecular weight excluding hydrogens is 278 g/mol. The lowest BCUT2D eigenvalue weighted by Gasteiger charge is -2.09. The second-order valence-corrected chi connectivity index (χ2v) is 4.65. The largest absolute Gasteiger partial charge is 0.326 e. The van der Waals surface area contributed by atoms with Gasteiger partial charge in [-0.1, -0.05) is 11.6 Å². The lowest BCUT2D eigenvalue weighted by Crippen LogP contribution is -2.18. The Kier molecular flexibility index (Phi) is 5.85. The van der Waals surface area contributed by atoms with Crippen molar-refractivity contribution in [3.63, 3.8) is 0 Å². The Balaban J connectivity index is 0.00000162. The Morgan fingerprint density at radius 1 is 1.56 bits per heavy atom. The van der Waals surface area contributed by atoms with E-state index in [0.717, 1.165) is 19.5 Å². The van der Waals surface area contributed by atoms with E-state index in [0.29, 0.717) is 18.0 Å². The van der Waals surface area contributed by atoms with Crippen molar-refractivity contribution < 1.29 is 9.18 Å². The number of nitrogens with one attached hydrogen (secondary N) is 2. The first-order valence-electron chi connectivity index (χ1n) is 5.61. The van der Waals surface area contributed by atoms with Crippen LogP contribution in [-0.4, -0.2) is 19.0 Å². The van der Waals surface area contributed by atoms with E-state index in [1.807, 2.05) is 0 Å². The molecule has 2 rings (SSSR count). The summed E-state index contributed by atoms with van der Waals surface area (Å²) in [7, 11) is 0. The van der Waals surface area contributed by atoms with Gasteiger partial charge >= 0.3 is 0 Å². The van der Waals surface area contributed by atoms with Crippen LogP contribution in [0.5, 0.6) is 0 Å². The SMILES string of the molecule is Cl.O=C(CC1CCNC1)Nc1ccc(F)c(Cl)c1. The minimum atomic E-state index is -0.482. The third kappa shape index (κ3) is 4.12. The summed E-state index contributed by atoms with van der Waals surface area (Å²) in [4.78, 5) is 11.7. The molecule has 0 radical (unpaired) electrons. The van der Waals surface area contributed by atoms with Crippen LogP contribution in [0.2, 0.25) is 5.02 Å². The van der Waals surface area contributed by atoms with Crippen LogP contribution < -0.4 is 10.6 Å². The average Bonchev–Trinajstić information content (AvgIpc) is 2.76. The average molecular weight is 293 g/mol. The van der Waals surface area contributed by atoms with Crippen LogP contribution in [0.25, 0.3) is 0 Å². The van der Waals surface area contributed by atoms with Gasteiger partial charge in [0.1, 0.15) is 5.82 Å². The number of amides is 1. The van der Waals surface area contributed by atoms with E-state index >= 15 is 0 Å². The number of halogens is 3. The maximum atomic E-state index is 12.9. The van der Waals surface area contributed by atoms with Gasteiger partial charge < -0.3 is 10.6 Å². The Morgan fingerprint density at radius 2 is 2.33 bits per heavy atom. The standard InChI is InChI=1S/C12H14ClFN2O.ClH/c13-10-6-9(1-2-11(10)14)16-12(17)5-8-3-4-15-7-8;/h1-2,6,8,15H,3-5,7H2,(H,16,17);1H. The Bertz CT molecular complexity index is 423. The number of hydrogen-bond acceptors (Lipinski definition) is 2. The first kappa shape index (κ1) is 15.2. The fourth-order valence-electron chi connectivity index (χ4n) is 1.94. The summed E-state index contributed by atoms with van der Waals surface area (Å²) in [6.07, 6.45) is 1.51. The van der Waals surface area contributed by atoms with Crippen LogP contribution in [0.1, 0.15) is 12.8 Å². The quantitative estimate of drug-likeness (QED) is 0.899. The summed E-state index contributed by atoms with van der Waals surface area (Å²) in [6.45, 7) is 1.86. The zero-order valence-corrected chi connectivity index (χ0v) is 11.3. The minimum absolute atomic E-state index is 0. The molecule has 0 aromatic heterocycles. The van der Waals surface area contributed by atoms with Gasteiger partial charge in [-0.3, -0.25) is 4.79 Å². The molecule has 1 aliphatic rings. The molecular formula is C12H15Cl2FN2O. The van der Waals surface area contributed by atoms with Crippen LogP contribution in [0.15, 0.2) is 18.2 Å². The van der Waals surface area contributed by atoms with Crippen molar-refractivity contribution in [3.05, 3.63) is 29.0 Å². The van der Waals surface area contributed by atoms with Gasteiger partial charge in [-0.2, -0.15) is 0 Å². The van der Waals surface area contributed by atoms with E-state index in [4.69, 9.17) is 11.6 Å². The van der Waals surface area contributed by atoms with Crippen LogP contribution in [0.3, 0.4) is 0 Å². The molecule has 0 aliphatic carbocycles. The number of carbonyl (C=O) groups is 1. The minimum Gasteiger partial charge on any atom is -0.326 e. The molecule has 0 spiro atoms. The van der Waals surface area contributed by atoms with E-state index in [-0.39, 0.29) is 23.3 Å². The second-order valence-electron chi connectivity index (χ2n) is 4.24. The van der Waals surface area contributed by atoms with Crippen molar-refractivity contribution in [3.8, 4) is 0 Å². The molecule has 0 bridgehead atoms. The molecule has 1 aliphatic heterocycles. The molecule has 6 heteroatoms. The summed E-state index contributed by atoms with van der Waals surface area (Å²) in [5, 5.41) is 5.95. The van der Waals surface area contributed by atoms with E-state index in [9.17, 15) is 9.18 Å². The molecule has 18 heavy (non-hydrogen) atoms. The topological polar surface area (TPSA) is 41.1 Å². The molecule has 1 saturated heterocycles. The first-order valence-corrected chi connectivity index (χ1v) is 5.98. The monoisotopic (exact) mass is 292 g/mol. The molecule has 1 unspecified atom stereocenters. The van der Waals surface area contributed by atoms with Gasteiger partial charge in [0.15, 0.2) is 0 Å². The van der Waals surface area contributed by atoms with E-state index in [1.165, 1.54) is 18.2 Å². The number of anilines is 1. The molecule has 100 valence electrons. The number of rotatable bonds is 3.